The van der Waals surface area contributed by atoms with Crippen LogP contribution in [0.1, 0.15) is 33.6 Å². The molecule has 0 saturated carbocycles. The first-order valence-corrected chi connectivity index (χ1v) is 11.5. The third-order valence-electron chi connectivity index (χ3n) is 4.46. The van der Waals surface area contributed by atoms with Crippen LogP contribution in [0.25, 0.3) is 0 Å². The smallest absolute Gasteiger partial charge is 0.410 e. The van der Waals surface area contributed by atoms with Gasteiger partial charge in [-0.2, -0.15) is 4.31 Å². The van der Waals surface area contributed by atoms with Crippen molar-refractivity contribution in [3.63, 3.8) is 0 Å². The van der Waals surface area contributed by atoms with Crippen LogP contribution in [0, 0.1) is 0 Å². The standard InChI is InChI=1S/C19H27BrN2O6S/c1-19(2,3)28-18(24)21-11-9-15(10-12-21)22(13-17(23)27-4)29(25,26)16-7-5-14(20)6-8-16/h5-8,15H,9-13H2,1-4H3. The summed E-state index contributed by atoms with van der Waals surface area (Å²) in [6.45, 7) is 5.67. The lowest BCUT2D eigenvalue weighted by Gasteiger charge is -2.37. The Kier molecular flexibility index (Phi) is 7.69. The largest absolute Gasteiger partial charge is 0.468 e. The molecule has 0 aliphatic carbocycles. The first kappa shape index (κ1) is 23.6. The number of benzene rings is 1. The van der Waals surface area contributed by atoms with Gasteiger partial charge in [0.25, 0.3) is 0 Å². The number of nitrogens with zero attached hydrogens (tertiary/aromatic N) is 2. The zero-order valence-corrected chi connectivity index (χ0v) is 19.5. The van der Waals surface area contributed by atoms with E-state index in [1.165, 1.54) is 23.5 Å². The molecule has 1 fully saturated rings. The molecule has 10 heteroatoms. The van der Waals surface area contributed by atoms with Crippen molar-refractivity contribution in [2.24, 2.45) is 0 Å². The second-order valence-electron chi connectivity index (χ2n) is 7.78. The highest BCUT2D eigenvalue weighted by Crippen LogP contribution is 2.26. The minimum Gasteiger partial charge on any atom is -0.468 e. The van der Waals surface area contributed by atoms with Crippen molar-refractivity contribution in [2.75, 3.05) is 26.7 Å². The van der Waals surface area contributed by atoms with Gasteiger partial charge in [-0.1, -0.05) is 15.9 Å². The van der Waals surface area contributed by atoms with Crippen LogP contribution < -0.4 is 0 Å². The van der Waals surface area contributed by atoms with Crippen molar-refractivity contribution in [2.45, 2.75) is 50.2 Å². The van der Waals surface area contributed by atoms with Crippen molar-refractivity contribution in [1.82, 2.24) is 9.21 Å². The summed E-state index contributed by atoms with van der Waals surface area (Å²) in [6.07, 6.45) is 0.365. The van der Waals surface area contributed by atoms with Crippen molar-refractivity contribution >= 4 is 38.0 Å². The average Bonchev–Trinajstić information content (AvgIpc) is 2.65. The minimum absolute atomic E-state index is 0.0965. The molecular weight excluding hydrogens is 464 g/mol. The third kappa shape index (κ3) is 6.42. The SMILES string of the molecule is COC(=O)CN(C1CCN(C(=O)OC(C)(C)C)CC1)S(=O)(=O)c1ccc(Br)cc1. The molecule has 8 nitrogen and oxygen atoms in total. The van der Waals surface area contributed by atoms with Crippen molar-refractivity contribution < 1.29 is 27.5 Å². The fraction of sp³-hybridized carbons (Fsp3) is 0.579. The minimum atomic E-state index is -3.91. The average molecular weight is 491 g/mol. The van der Waals surface area contributed by atoms with E-state index in [4.69, 9.17) is 9.47 Å². The van der Waals surface area contributed by atoms with Crippen molar-refractivity contribution in [3.05, 3.63) is 28.7 Å². The summed E-state index contributed by atoms with van der Waals surface area (Å²) >= 11 is 3.29. The number of carbonyl (C=O) groups excluding carboxylic acids is 2. The predicted octanol–water partition coefficient (Wildman–Crippen LogP) is 3.01. The fourth-order valence-corrected chi connectivity index (χ4v) is 4.90. The molecule has 0 unspecified atom stereocenters. The summed E-state index contributed by atoms with van der Waals surface area (Å²) in [4.78, 5) is 25.8. The molecule has 29 heavy (non-hydrogen) atoms. The van der Waals surface area contributed by atoms with E-state index < -0.39 is 33.7 Å². The molecule has 1 aromatic carbocycles. The maximum absolute atomic E-state index is 13.2. The number of methoxy groups -OCH3 is 1. The van der Waals surface area contributed by atoms with Gasteiger partial charge in [0.15, 0.2) is 0 Å². The predicted molar refractivity (Wildman–Crippen MR) is 111 cm³/mol. The molecule has 2 rings (SSSR count). The number of sulfonamides is 1. The molecular formula is C19H27BrN2O6S. The highest BCUT2D eigenvalue weighted by Gasteiger charge is 2.37. The second-order valence-corrected chi connectivity index (χ2v) is 10.6. The van der Waals surface area contributed by atoms with E-state index in [9.17, 15) is 18.0 Å². The van der Waals surface area contributed by atoms with Gasteiger partial charge in [0.2, 0.25) is 10.0 Å². The number of rotatable bonds is 5. The molecule has 1 aromatic rings. The maximum Gasteiger partial charge on any atom is 0.410 e. The van der Waals surface area contributed by atoms with Crippen LogP contribution in [-0.2, 0) is 24.3 Å². The first-order chi connectivity index (χ1) is 13.4. The zero-order chi connectivity index (χ0) is 21.8. The molecule has 1 saturated heterocycles. The number of carbonyl (C=O) groups is 2. The van der Waals surface area contributed by atoms with Gasteiger partial charge in [-0.15, -0.1) is 0 Å². The lowest BCUT2D eigenvalue weighted by Crippen LogP contribution is -2.51. The van der Waals surface area contributed by atoms with Gasteiger partial charge in [0.05, 0.1) is 12.0 Å². The Morgan fingerprint density at radius 3 is 2.21 bits per heavy atom. The van der Waals surface area contributed by atoms with Crippen LogP contribution >= 0.6 is 15.9 Å². The Balaban J connectivity index is 2.18. The summed E-state index contributed by atoms with van der Waals surface area (Å²) in [7, 11) is -2.69. The van der Waals surface area contributed by atoms with Gasteiger partial charge in [-0.25, -0.2) is 13.2 Å². The topological polar surface area (TPSA) is 93.2 Å². The van der Waals surface area contributed by atoms with Crippen LogP contribution in [-0.4, -0.2) is 68.1 Å². The molecule has 0 aromatic heterocycles. The molecule has 1 heterocycles. The highest BCUT2D eigenvalue weighted by atomic mass is 79.9. The Labute approximate surface area is 180 Å². The summed E-state index contributed by atoms with van der Waals surface area (Å²) < 4.78 is 38.4. The maximum atomic E-state index is 13.2. The van der Waals surface area contributed by atoms with Crippen molar-refractivity contribution in [3.8, 4) is 0 Å². The van der Waals surface area contributed by atoms with Gasteiger partial charge in [0.1, 0.15) is 12.1 Å². The van der Waals surface area contributed by atoms with E-state index in [0.29, 0.717) is 25.9 Å². The van der Waals surface area contributed by atoms with Gasteiger partial charge in [0, 0.05) is 23.6 Å². The Morgan fingerprint density at radius 2 is 1.72 bits per heavy atom. The number of likely N-dealkylation sites (tertiary alicyclic amines) is 1. The number of esters is 1. The van der Waals surface area contributed by atoms with E-state index in [1.807, 2.05) is 0 Å². The summed E-state index contributed by atoms with van der Waals surface area (Å²) in [5, 5.41) is 0. The van der Waals surface area contributed by atoms with Crippen LogP contribution in [0.3, 0.4) is 0 Å². The van der Waals surface area contributed by atoms with E-state index in [2.05, 4.69) is 15.9 Å². The third-order valence-corrected chi connectivity index (χ3v) is 6.90. The van der Waals surface area contributed by atoms with Gasteiger partial charge in [-0.3, -0.25) is 4.79 Å². The van der Waals surface area contributed by atoms with Crippen LogP contribution in [0.5, 0.6) is 0 Å². The summed E-state index contributed by atoms with van der Waals surface area (Å²) in [5.74, 6) is -0.639. The van der Waals surface area contributed by atoms with Crippen LogP contribution in [0.15, 0.2) is 33.6 Å². The van der Waals surface area contributed by atoms with E-state index in [1.54, 1.807) is 37.8 Å². The van der Waals surface area contributed by atoms with Crippen LogP contribution in [0.2, 0.25) is 0 Å². The molecule has 0 atom stereocenters. The highest BCUT2D eigenvalue weighted by molar-refractivity contribution is 9.10. The normalized spacial score (nSPS) is 16.0. The Morgan fingerprint density at radius 1 is 1.17 bits per heavy atom. The summed E-state index contributed by atoms with van der Waals surface area (Å²) in [6, 6.07) is 5.81. The zero-order valence-electron chi connectivity index (χ0n) is 17.1. The lowest BCUT2D eigenvalue weighted by atomic mass is 10.1. The molecule has 1 aliphatic heterocycles. The first-order valence-electron chi connectivity index (χ1n) is 9.26. The number of ether oxygens (including phenoxy) is 2. The van der Waals surface area contributed by atoms with Crippen LogP contribution in [0.4, 0.5) is 4.79 Å². The fourth-order valence-electron chi connectivity index (χ4n) is 3.01. The molecule has 1 amide bonds. The monoisotopic (exact) mass is 490 g/mol. The molecule has 162 valence electrons. The molecule has 0 bridgehead atoms. The number of halogens is 1. The van der Waals surface area contributed by atoms with Gasteiger partial charge >= 0.3 is 12.1 Å². The quantitative estimate of drug-likeness (QED) is 0.588. The number of hydrogen-bond donors (Lipinski definition) is 0. The Hall–Kier alpha value is -1.65. The molecule has 0 radical (unpaired) electrons. The van der Waals surface area contributed by atoms with E-state index >= 15 is 0 Å². The number of piperidine rings is 1. The molecule has 0 spiro atoms. The number of hydrogen-bond acceptors (Lipinski definition) is 6. The molecule has 0 N–H and O–H groups in total. The lowest BCUT2D eigenvalue weighted by molar-refractivity contribution is -0.141. The summed E-state index contributed by atoms with van der Waals surface area (Å²) in [5.41, 5.74) is -0.601. The van der Waals surface area contributed by atoms with E-state index in [-0.39, 0.29) is 11.4 Å². The molecule has 1 aliphatic rings. The van der Waals surface area contributed by atoms with E-state index in [0.717, 1.165) is 4.47 Å². The van der Waals surface area contributed by atoms with Gasteiger partial charge in [-0.05, 0) is 57.9 Å². The van der Waals surface area contributed by atoms with Crippen molar-refractivity contribution in [1.29, 1.82) is 0 Å². The van der Waals surface area contributed by atoms with Gasteiger partial charge < -0.3 is 14.4 Å². The second kappa shape index (κ2) is 9.44. The Bertz CT molecular complexity index is 827. The number of amides is 1.